The molecule has 0 unspecified atom stereocenters. The molecule has 0 spiro atoms. The molecule has 74 heavy (non-hydrogen) atoms. The Balaban J connectivity index is 0.908. The summed E-state index contributed by atoms with van der Waals surface area (Å²) in [5.41, 5.74) is 15.6. The Morgan fingerprint density at radius 1 is 0.284 bits per heavy atom. The smallest absolute Gasteiger partial charge is 0.260 e. The van der Waals surface area contributed by atoms with Crippen molar-refractivity contribution >= 4 is 80.3 Å². The number of hydrogen-bond donors (Lipinski definition) is 0. The maximum absolute atomic E-state index is 7.24. The second-order valence-electron chi connectivity index (χ2n) is 18.8. The Morgan fingerprint density at radius 2 is 0.662 bits per heavy atom. The van der Waals surface area contributed by atoms with Crippen molar-refractivity contribution in [3.8, 4) is 68.5 Å². The number of hydrogen-bond acceptors (Lipinski definition) is 8. The van der Waals surface area contributed by atoms with Crippen molar-refractivity contribution < 1.29 is 18.9 Å². The summed E-state index contributed by atoms with van der Waals surface area (Å²) in [5, 5.41) is 0. The van der Waals surface area contributed by atoms with Gasteiger partial charge in [0.1, 0.15) is 46.0 Å². The molecule has 0 radical (unpaired) electrons. The van der Waals surface area contributed by atoms with Crippen LogP contribution in [0.5, 0.6) is 46.0 Å². The second kappa shape index (κ2) is 16.9. The highest BCUT2D eigenvalue weighted by Gasteiger charge is 2.46. The van der Waals surface area contributed by atoms with Crippen molar-refractivity contribution in [1.29, 1.82) is 0 Å². The molecule has 0 atom stereocenters. The molecule has 4 aliphatic rings. The van der Waals surface area contributed by atoms with Gasteiger partial charge in [-0.25, -0.2) is 0 Å². The predicted molar refractivity (Wildman–Crippen MR) is 298 cm³/mol. The number of rotatable bonds is 8. The fourth-order valence-corrected chi connectivity index (χ4v) is 11.4. The van der Waals surface area contributed by atoms with E-state index < -0.39 is 0 Å². The summed E-state index contributed by atoms with van der Waals surface area (Å²) in [6.45, 7) is -0.396. The fraction of sp³-hybridized carbons (Fsp3) is 0. The number of fused-ring (bicyclic) bond motifs is 8. The number of para-hydroxylation sites is 6. The van der Waals surface area contributed by atoms with Gasteiger partial charge in [0.05, 0.1) is 34.1 Å². The lowest BCUT2D eigenvalue weighted by atomic mass is 9.31. The van der Waals surface area contributed by atoms with Gasteiger partial charge in [-0.05, 0) is 94.6 Å². The third-order valence-corrected chi connectivity index (χ3v) is 14.6. The molecule has 346 valence electrons. The fourth-order valence-electron chi connectivity index (χ4n) is 11.4. The van der Waals surface area contributed by atoms with Crippen LogP contribution in [-0.4, -0.2) is 23.4 Å². The summed E-state index contributed by atoms with van der Waals surface area (Å²) in [6.07, 6.45) is 3.67. The molecule has 0 bridgehead atoms. The lowest BCUT2D eigenvalue weighted by Crippen LogP contribution is -2.61. The minimum atomic E-state index is -0.198. The summed E-state index contributed by atoms with van der Waals surface area (Å²) < 4.78 is 28.4. The van der Waals surface area contributed by atoms with E-state index in [1.54, 1.807) is 0 Å². The number of benzene rings is 9. The quantitative estimate of drug-likeness (QED) is 0.140. The minimum absolute atomic E-state index is 0.198. The molecule has 0 saturated heterocycles. The molecule has 0 aliphatic carbocycles. The van der Waals surface area contributed by atoms with Gasteiger partial charge in [-0.1, -0.05) is 127 Å². The predicted octanol–water partition coefficient (Wildman–Crippen LogP) is 12.2. The van der Waals surface area contributed by atoms with E-state index in [4.69, 9.17) is 28.9 Å². The third-order valence-electron chi connectivity index (χ3n) is 14.6. The molecule has 0 N–H and O–H groups in total. The first-order valence-electron chi connectivity index (χ1n) is 24.8. The van der Waals surface area contributed by atoms with Crippen molar-refractivity contribution in [1.82, 2.24) is 9.97 Å². The van der Waals surface area contributed by atoms with Crippen molar-refractivity contribution in [3.63, 3.8) is 0 Å². The number of ether oxygens (including phenoxy) is 4. The van der Waals surface area contributed by atoms with Crippen LogP contribution in [0.25, 0.3) is 22.5 Å². The first-order chi connectivity index (χ1) is 36.7. The molecular formula is C64H40B2N4O4. The topological polar surface area (TPSA) is 69.2 Å². The number of anilines is 6. The zero-order chi connectivity index (χ0) is 48.7. The molecule has 8 nitrogen and oxygen atoms in total. The standard InChI is InChI=1S/C64H40B2N4O4/c1-3-19-41(20-4-1)69(53-29-11-7-23-45(53)51-27-15-17-33-67-51)43-35-59-63-61(37-43)73-57-40-58-50(39-49(57)65(63)47-25-9-13-31-55(47)71-59)66-48-26-10-14-32-56(48)72-60-36-44(38-62(74-58)64(60)66)70(42-21-5-2-6-22-42)54-30-12-8-24-46(54)52-28-16-18-34-68-52/h1-40H. The Kier molecular flexibility index (Phi) is 9.59. The summed E-state index contributed by atoms with van der Waals surface area (Å²) in [6, 6.07) is 79.4. The van der Waals surface area contributed by atoms with Gasteiger partial charge in [-0.15, -0.1) is 0 Å². The van der Waals surface area contributed by atoms with Gasteiger partial charge in [0.25, 0.3) is 13.4 Å². The van der Waals surface area contributed by atoms with Crippen LogP contribution in [0.3, 0.4) is 0 Å². The zero-order valence-corrected chi connectivity index (χ0v) is 39.7. The van der Waals surface area contributed by atoms with Gasteiger partial charge in [0, 0.05) is 76.2 Å². The Morgan fingerprint density at radius 3 is 1.09 bits per heavy atom. The lowest BCUT2D eigenvalue weighted by Gasteiger charge is -2.38. The van der Waals surface area contributed by atoms with E-state index >= 15 is 0 Å². The van der Waals surface area contributed by atoms with Crippen molar-refractivity contribution in [3.05, 3.63) is 243 Å². The van der Waals surface area contributed by atoms with Crippen LogP contribution in [0, 0.1) is 0 Å². The number of pyridine rings is 2. The molecule has 0 fully saturated rings. The van der Waals surface area contributed by atoms with E-state index in [1.165, 1.54) is 0 Å². The van der Waals surface area contributed by atoms with E-state index in [9.17, 15) is 0 Å². The third kappa shape index (κ3) is 6.72. The molecular weight excluding hydrogens is 910 g/mol. The van der Waals surface area contributed by atoms with Crippen LogP contribution >= 0.6 is 0 Å². The molecule has 4 aliphatic heterocycles. The van der Waals surface area contributed by atoms with Gasteiger partial charge in [0.15, 0.2) is 0 Å². The normalized spacial score (nSPS) is 12.7. The largest absolute Gasteiger partial charge is 0.458 e. The van der Waals surface area contributed by atoms with Gasteiger partial charge in [-0.2, -0.15) is 0 Å². The minimum Gasteiger partial charge on any atom is -0.458 e. The number of aromatic nitrogens is 2. The first kappa shape index (κ1) is 41.9. The van der Waals surface area contributed by atoms with Crippen LogP contribution in [0.15, 0.2) is 243 Å². The molecule has 9 aromatic carbocycles. The van der Waals surface area contributed by atoms with E-state index in [0.717, 1.165) is 124 Å². The highest BCUT2D eigenvalue weighted by Crippen LogP contribution is 2.48. The SMILES string of the molecule is c1ccc(N(c2cc3c4c(c2)Oc2cc5c(cc2B4c2ccccc2O3)B2c3ccccc3Oc3cc(N(c4ccccc4)c4ccccc4-c4ccccn4)cc(c32)O5)c2ccccc2-c2ccccn2)cc1. The number of nitrogens with zero attached hydrogens (tertiary/aromatic N) is 4. The second-order valence-corrected chi connectivity index (χ2v) is 18.8. The highest BCUT2D eigenvalue weighted by molar-refractivity contribution is 7.01. The van der Waals surface area contributed by atoms with E-state index in [-0.39, 0.29) is 13.4 Å². The molecule has 6 heterocycles. The molecule has 0 saturated carbocycles. The Hall–Kier alpha value is -9.79. The maximum atomic E-state index is 7.24. The molecule has 2 aromatic heterocycles. The van der Waals surface area contributed by atoms with Gasteiger partial charge in [-0.3, -0.25) is 9.97 Å². The molecule has 11 aromatic rings. The maximum Gasteiger partial charge on any atom is 0.260 e. The van der Waals surface area contributed by atoms with Crippen molar-refractivity contribution in [2.24, 2.45) is 0 Å². The summed E-state index contributed by atoms with van der Waals surface area (Å²) >= 11 is 0. The van der Waals surface area contributed by atoms with E-state index in [2.05, 4.69) is 180 Å². The van der Waals surface area contributed by atoms with Crippen molar-refractivity contribution in [2.75, 3.05) is 9.80 Å². The zero-order valence-electron chi connectivity index (χ0n) is 39.7. The average Bonchev–Trinajstić information content (AvgIpc) is 3.49. The molecule has 15 rings (SSSR count). The van der Waals surface area contributed by atoms with Crippen molar-refractivity contribution in [2.45, 2.75) is 0 Å². The van der Waals surface area contributed by atoms with E-state index in [0.29, 0.717) is 11.5 Å². The first-order valence-corrected chi connectivity index (χ1v) is 24.8. The summed E-state index contributed by atoms with van der Waals surface area (Å²) in [7, 11) is 0. The van der Waals surface area contributed by atoms with Crippen LogP contribution in [0.1, 0.15) is 0 Å². The lowest BCUT2D eigenvalue weighted by molar-refractivity contribution is 0.452. The van der Waals surface area contributed by atoms with Gasteiger partial charge in [0.2, 0.25) is 0 Å². The van der Waals surface area contributed by atoms with E-state index in [1.807, 2.05) is 73.1 Å². The highest BCUT2D eigenvalue weighted by atomic mass is 16.5. The van der Waals surface area contributed by atoms with Crippen LogP contribution < -0.4 is 61.5 Å². The Bertz CT molecular complexity index is 3760. The summed E-state index contributed by atoms with van der Waals surface area (Å²) in [5.74, 6) is 5.94. The van der Waals surface area contributed by atoms with Crippen LogP contribution in [-0.2, 0) is 0 Å². The van der Waals surface area contributed by atoms with Gasteiger partial charge < -0.3 is 28.7 Å². The monoisotopic (exact) mass is 950 g/mol. The van der Waals surface area contributed by atoms with Crippen LogP contribution in [0.4, 0.5) is 34.1 Å². The van der Waals surface area contributed by atoms with Gasteiger partial charge >= 0.3 is 0 Å². The Labute approximate surface area is 428 Å². The molecule has 10 heteroatoms. The average molecular weight is 951 g/mol. The van der Waals surface area contributed by atoms with Crippen LogP contribution in [0.2, 0.25) is 0 Å². The molecule has 0 amide bonds. The summed E-state index contributed by atoms with van der Waals surface area (Å²) in [4.78, 5) is 14.1.